The van der Waals surface area contributed by atoms with Gasteiger partial charge >= 0.3 is 5.97 Å². The van der Waals surface area contributed by atoms with Gasteiger partial charge in [-0.25, -0.2) is 4.79 Å². The number of rotatable bonds is 3. The third kappa shape index (κ3) is 3.38. The lowest BCUT2D eigenvalue weighted by Gasteiger charge is -2.19. The van der Waals surface area contributed by atoms with Crippen LogP contribution in [0.3, 0.4) is 0 Å². The molecule has 4 nitrogen and oxygen atoms in total. The number of nitrogens with zero attached hydrogens (tertiary/aromatic N) is 1. The lowest BCUT2D eigenvalue weighted by Crippen LogP contribution is -2.10. The van der Waals surface area contributed by atoms with Gasteiger partial charge in [0.1, 0.15) is 0 Å². The first-order valence-corrected chi connectivity index (χ1v) is 7.83. The van der Waals surface area contributed by atoms with Gasteiger partial charge in [0, 0.05) is 17.2 Å². The summed E-state index contributed by atoms with van der Waals surface area (Å²) in [5.41, 5.74) is 5.08. The van der Waals surface area contributed by atoms with Crippen molar-refractivity contribution in [1.82, 2.24) is 9.97 Å². The molecule has 1 aromatic carbocycles. The molecule has 0 unspecified atom stereocenters. The Labute approximate surface area is 140 Å². The molecule has 0 saturated carbocycles. The van der Waals surface area contributed by atoms with Crippen molar-refractivity contribution >= 4 is 22.9 Å². The molecule has 0 aliphatic carbocycles. The third-order valence-corrected chi connectivity index (χ3v) is 3.96. The summed E-state index contributed by atoms with van der Waals surface area (Å²) < 4.78 is 0. The number of aliphatic carboxylic acids is 1. The molecule has 24 heavy (non-hydrogen) atoms. The van der Waals surface area contributed by atoms with E-state index in [0.29, 0.717) is 5.69 Å². The van der Waals surface area contributed by atoms with Crippen molar-refractivity contribution in [3.05, 3.63) is 59.9 Å². The van der Waals surface area contributed by atoms with Crippen LogP contribution in [0.25, 0.3) is 28.2 Å². The first kappa shape index (κ1) is 16.0. The Balaban J connectivity index is 2.01. The van der Waals surface area contributed by atoms with Crippen molar-refractivity contribution in [2.45, 2.75) is 26.2 Å². The number of benzene rings is 1. The standard InChI is InChI=1S/C20H20N2O2/c1-20(2,3)15-6-4-5-13(9-15)17-11-14-10-16(7-8-19(23)24)21-12-18(14)22-17/h4-12,22H,1-3H3,(H,23,24)/b8-7+. The minimum atomic E-state index is -0.981. The number of carboxylic acid groups (broad SMARTS) is 1. The zero-order valence-electron chi connectivity index (χ0n) is 14.0. The zero-order chi connectivity index (χ0) is 17.3. The Kier molecular flexibility index (Phi) is 3.97. The molecule has 2 heterocycles. The van der Waals surface area contributed by atoms with Gasteiger partial charge in [-0.05, 0) is 40.8 Å². The summed E-state index contributed by atoms with van der Waals surface area (Å²) >= 11 is 0. The van der Waals surface area contributed by atoms with Crippen molar-refractivity contribution < 1.29 is 9.90 Å². The predicted molar refractivity (Wildman–Crippen MR) is 96.9 cm³/mol. The lowest BCUT2D eigenvalue weighted by atomic mass is 9.86. The van der Waals surface area contributed by atoms with Crippen molar-refractivity contribution in [2.75, 3.05) is 0 Å². The van der Waals surface area contributed by atoms with E-state index in [4.69, 9.17) is 5.11 Å². The van der Waals surface area contributed by atoms with Gasteiger partial charge < -0.3 is 10.1 Å². The summed E-state index contributed by atoms with van der Waals surface area (Å²) in [5.74, 6) is -0.981. The Bertz CT molecular complexity index is 930. The molecule has 3 rings (SSSR count). The Morgan fingerprint density at radius 2 is 2.00 bits per heavy atom. The Morgan fingerprint density at radius 3 is 2.71 bits per heavy atom. The first-order chi connectivity index (χ1) is 11.3. The van der Waals surface area contributed by atoms with E-state index in [1.54, 1.807) is 6.20 Å². The second-order valence-corrected chi connectivity index (χ2v) is 6.88. The van der Waals surface area contributed by atoms with E-state index in [9.17, 15) is 4.79 Å². The van der Waals surface area contributed by atoms with Crippen LogP contribution < -0.4 is 0 Å². The second kappa shape index (κ2) is 5.96. The maximum absolute atomic E-state index is 10.6. The molecule has 0 aliphatic rings. The molecule has 2 aromatic heterocycles. The van der Waals surface area contributed by atoms with Gasteiger partial charge in [-0.3, -0.25) is 4.98 Å². The lowest BCUT2D eigenvalue weighted by molar-refractivity contribution is -0.131. The largest absolute Gasteiger partial charge is 0.478 e. The molecule has 0 atom stereocenters. The third-order valence-electron chi connectivity index (χ3n) is 3.96. The molecule has 122 valence electrons. The van der Waals surface area contributed by atoms with Gasteiger partial charge in [-0.1, -0.05) is 39.0 Å². The van der Waals surface area contributed by atoms with Crippen LogP contribution in [0.15, 0.2) is 48.7 Å². The first-order valence-electron chi connectivity index (χ1n) is 7.83. The highest BCUT2D eigenvalue weighted by molar-refractivity contribution is 5.88. The maximum Gasteiger partial charge on any atom is 0.328 e. The highest BCUT2D eigenvalue weighted by atomic mass is 16.4. The van der Waals surface area contributed by atoms with Gasteiger partial charge in [0.25, 0.3) is 0 Å². The summed E-state index contributed by atoms with van der Waals surface area (Å²) in [6, 6.07) is 12.4. The summed E-state index contributed by atoms with van der Waals surface area (Å²) in [7, 11) is 0. The fraction of sp³-hybridized carbons (Fsp3) is 0.200. The van der Waals surface area contributed by atoms with Crippen LogP contribution in [-0.4, -0.2) is 21.0 Å². The van der Waals surface area contributed by atoms with E-state index in [-0.39, 0.29) is 5.41 Å². The van der Waals surface area contributed by atoms with Crippen molar-refractivity contribution in [2.24, 2.45) is 0 Å². The van der Waals surface area contributed by atoms with Gasteiger partial charge in [-0.15, -0.1) is 0 Å². The molecular weight excluding hydrogens is 300 g/mol. The van der Waals surface area contributed by atoms with Crippen LogP contribution in [0, 0.1) is 0 Å². The van der Waals surface area contributed by atoms with E-state index < -0.39 is 5.97 Å². The number of fused-ring (bicyclic) bond motifs is 1. The van der Waals surface area contributed by atoms with Crippen LogP contribution in [0.5, 0.6) is 0 Å². The highest BCUT2D eigenvalue weighted by Gasteiger charge is 2.14. The minimum absolute atomic E-state index is 0.0956. The van der Waals surface area contributed by atoms with E-state index in [1.807, 2.05) is 6.07 Å². The van der Waals surface area contributed by atoms with Crippen LogP contribution >= 0.6 is 0 Å². The minimum Gasteiger partial charge on any atom is -0.478 e. The second-order valence-electron chi connectivity index (χ2n) is 6.88. The number of pyridine rings is 1. The summed E-state index contributed by atoms with van der Waals surface area (Å²) in [6.45, 7) is 6.59. The zero-order valence-corrected chi connectivity index (χ0v) is 14.0. The summed E-state index contributed by atoms with van der Waals surface area (Å²) in [5, 5.41) is 9.72. The number of hydrogen-bond acceptors (Lipinski definition) is 2. The molecule has 0 radical (unpaired) electrons. The van der Waals surface area contributed by atoms with Gasteiger partial charge in [-0.2, -0.15) is 0 Å². The fourth-order valence-corrected chi connectivity index (χ4v) is 2.61. The SMILES string of the molecule is CC(C)(C)c1cccc(-c2cc3cc(/C=C/C(=O)O)ncc3[nH]2)c1. The van der Waals surface area contributed by atoms with Gasteiger partial charge in [0.15, 0.2) is 0 Å². The average Bonchev–Trinajstić information content (AvgIpc) is 2.95. The molecule has 2 N–H and O–H groups in total. The predicted octanol–water partition coefficient (Wildman–Crippen LogP) is 4.63. The van der Waals surface area contributed by atoms with E-state index in [2.05, 4.69) is 61.1 Å². The molecule has 0 spiro atoms. The molecule has 0 aliphatic heterocycles. The van der Waals surface area contributed by atoms with E-state index in [1.165, 1.54) is 11.6 Å². The average molecular weight is 320 g/mol. The summed E-state index contributed by atoms with van der Waals surface area (Å²) in [6.07, 6.45) is 4.32. The normalized spacial score (nSPS) is 12.1. The molecule has 0 amide bonds. The number of H-pyrrole nitrogens is 1. The molecule has 0 bridgehead atoms. The van der Waals surface area contributed by atoms with Crippen molar-refractivity contribution in [3.63, 3.8) is 0 Å². The van der Waals surface area contributed by atoms with Crippen LogP contribution in [0.1, 0.15) is 32.0 Å². The number of nitrogens with one attached hydrogen (secondary N) is 1. The quantitative estimate of drug-likeness (QED) is 0.692. The van der Waals surface area contributed by atoms with Crippen molar-refractivity contribution in [1.29, 1.82) is 0 Å². The smallest absolute Gasteiger partial charge is 0.328 e. The molecule has 0 fully saturated rings. The monoisotopic (exact) mass is 320 g/mol. The van der Waals surface area contributed by atoms with Crippen molar-refractivity contribution in [3.8, 4) is 11.3 Å². The van der Waals surface area contributed by atoms with Gasteiger partial charge in [0.2, 0.25) is 0 Å². The molecule has 3 aromatic rings. The van der Waals surface area contributed by atoms with Gasteiger partial charge in [0.05, 0.1) is 17.4 Å². The number of aromatic nitrogens is 2. The maximum atomic E-state index is 10.6. The number of aromatic amines is 1. The Morgan fingerprint density at radius 1 is 1.21 bits per heavy atom. The fourth-order valence-electron chi connectivity index (χ4n) is 2.61. The molecule has 4 heteroatoms. The highest BCUT2D eigenvalue weighted by Crippen LogP contribution is 2.29. The van der Waals surface area contributed by atoms with Crippen LogP contribution in [0.4, 0.5) is 0 Å². The van der Waals surface area contributed by atoms with Crippen LogP contribution in [0.2, 0.25) is 0 Å². The number of hydrogen-bond donors (Lipinski definition) is 2. The molecular formula is C20H20N2O2. The topological polar surface area (TPSA) is 66.0 Å². The van der Waals surface area contributed by atoms with E-state index >= 15 is 0 Å². The molecule has 0 saturated heterocycles. The van der Waals surface area contributed by atoms with E-state index in [0.717, 1.165) is 28.2 Å². The Hall–Kier alpha value is -2.88. The number of carbonyl (C=O) groups is 1. The number of carboxylic acids is 1. The summed E-state index contributed by atoms with van der Waals surface area (Å²) in [4.78, 5) is 18.3. The van der Waals surface area contributed by atoms with Crippen LogP contribution in [-0.2, 0) is 10.2 Å².